The minimum atomic E-state index is -2.63. The number of alkyl halides is 2. The number of halogens is 2. The van der Waals surface area contributed by atoms with Crippen molar-refractivity contribution in [2.75, 3.05) is 6.61 Å². The Morgan fingerprint density at radius 2 is 2.00 bits per heavy atom. The summed E-state index contributed by atoms with van der Waals surface area (Å²) in [6.07, 6.45) is 1.71. The summed E-state index contributed by atoms with van der Waals surface area (Å²) in [4.78, 5) is 25.6. The minimum Gasteiger partial charge on any atom is -0.464 e. The topological polar surface area (TPSA) is 46.6 Å². The molecule has 0 aromatic heterocycles. The van der Waals surface area contributed by atoms with Crippen molar-refractivity contribution < 1.29 is 23.1 Å². The van der Waals surface area contributed by atoms with Crippen LogP contribution in [0, 0.1) is 0 Å². The van der Waals surface area contributed by atoms with Crippen molar-refractivity contribution in [1.82, 2.24) is 4.90 Å². The van der Waals surface area contributed by atoms with Gasteiger partial charge in [0.1, 0.15) is 6.04 Å². The number of carbonyl (C=O) groups is 2. The highest BCUT2D eigenvalue weighted by molar-refractivity contribution is 5.86. The predicted octanol–water partition coefficient (Wildman–Crippen LogP) is 2.51. The van der Waals surface area contributed by atoms with Gasteiger partial charge in [-0.05, 0) is 32.6 Å². The van der Waals surface area contributed by atoms with Crippen LogP contribution < -0.4 is 0 Å². The molecule has 1 atom stereocenters. The average Bonchev–Trinajstić information content (AvgIpc) is 2.39. The van der Waals surface area contributed by atoms with Gasteiger partial charge in [0, 0.05) is 25.3 Å². The zero-order valence-electron chi connectivity index (χ0n) is 11.7. The molecule has 0 aromatic carbocycles. The van der Waals surface area contributed by atoms with Crippen LogP contribution in [0.3, 0.4) is 0 Å². The first kappa shape index (κ1) is 15.2. The van der Waals surface area contributed by atoms with Gasteiger partial charge in [-0.2, -0.15) is 0 Å². The van der Waals surface area contributed by atoms with Gasteiger partial charge in [-0.1, -0.05) is 0 Å². The number of nitrogens with zero attached hydrogens (tertiary/aromatic N) is 1. The minimum absolute atomic E-state index is 0.107. The SMILES string of the molecule is CCOC(=O)[C@@H]1CCCC(=O)N1C1CCC(F)(F)CC1. The Hall–Kier alpha value is -1.20. The number of ether oxygens (including phenoxy) is 1. The van der Waals surface area contributed by atoms with Gasteiger partial charge in [0.25, 0.3) is 0 Å². The molecule has 20 heavy (non-hydrogen) atoms. The van der Waals surface area contributed by atoms with Crippen LogP contribution in [-0.4, -0.2) is 41.4 Å². The van der Waals surface area contributed by atoms with E-state index in [1.807, 2.05) is 0 Å². The molecular weight excluding hydrogens is 268 g/mol. The number of carbonyl (C=O) groups excluding carboxylic acids is 2. The van der Waals surface area contributed by atoms with Crippen molar-refractivity contribution in [3.05, 3.63) is 0 Å². The molecule has 0 N–H and O–H groups in total. The van der Waals surface area contributed by atoms with E-state index in [9.17, 15) is 18.4 Å². The summed E-state index contributed by atoms with van der Waals surface area (Å²) in [7, 11) is 0. The Kier molecular flexibility index (Phi) is 4.60. The van der Waals surface area contributed by atoms with E-state index in [1.165, 1.54) is 4.90 Å². The first-order chi connectivity index (χ1) is 9.44. The zero-order chi connectivity index (χ0) is 14.8. The molecule has 4 nitrogen and oxygen atoms in total. The number of hydrogen-bond donors (Lipinski definition) is 0. The number of likely N-dealkylation sites (tertiary alicyclic amines) is 1. The summed E-state index contributed by atoms with van der Waals surface area (Å²) in [5.74, 6) is -3.14. The third kappa shape index (κ3) is 3.27. The zero-order valence-corrected chi connectivity index (χ0v) is 11.7. The van der Waals surface area contributed by atoms with Gasteiger partial charge in [-0.15, -0.1) is 0 Å². The van der Waals surface area contributed by atoms with E-state index >= 15 is 0 Å². The van der Waals surface area contributed by atoms with Crippen LogP contribution in [0.4, 0.5) is 8.78 Å². The first-order valence-electron chi connectivity index (χ1n) is 7.30. The van der Waals surface area contributed by atoms with Crippen LogP contribution in [0.5, 0.6) is 0 Å². The lowest BCUT2D eigenvalue weighted by Gasteiger charge is -2.42. The van der Waals surface area contributed by atoms with Crippen LogP contribution >= 0.6 is 0 Å². The summed E-state index contributed by atoms with van der Waals surface area (Å²) < 4.78 is 31.5. The van der Waals surface area contributed by atoms with Gasteiger partial charge >= 0.3 is 5.97 Å². The lowest BCUT2D eigenvalue weighted by atomic mass is 9.88. The molecule has 2 rings (SSSR count). The fraction of sp³-hybridized carbons (Fsp3) is 0.857. The Labute approximate surface area is 117 Å². The predicted molar refractivity (Wildman–Crippen MR) is 68.3 cm³/mol. The van der Waals surface area contributed by atoms with Crippen molar-refractivity contribution in [3.63, 3.8) is 0 Å². The molecule has 0 radical (unpaired) electrons. The smallest absolute Gasteiger partial charge is 0.328 e. The lowest BCUT2D eigenvalue weighted by molar-refractivity contribution is -0.162. The van der Waals surface area contributed by atoms with Crippen LogP contribution in [0.15, 0.2) is 0 Å². The second-order valence-corrected chi connectivity index (χ2v) is 5.55. The summed E-state index contributed by atoms with van der Waals surface area (Å²) in [5.41, 5.74) is 0. The van der Waals surface area contributed by atoms with Crippen LogP contribution in [0.1, 0.15) is 51.9 Å². The molecule has 1 aliphatic carbocycles. The maximum atomic E-state index is 13.2. The fourth-order valence-electron chi connectivity index (χ4n) is 3.12. The van der Waals surface area contributed by atoms with E-state index in [1.54, 1.807) is 6.92 Å². The van der Waals surface area contributed by atoms with Crippen molar-refractivity contribution in [2.45, 2.75) is 69.9 Å². The number of rotatable bonds is 3. The monoisotopic (exact) mass is 289 g/mol. The van der Waals surface area contributed by atoms with E-state index in [0.717, 1.165) is 0 Å². The first-order valence-corrected chi connectivity index (χ1v) is 7.30. The van der Waals surface area contributed by atoms with E-state index in [2.05, 4.69) is 0 Å². The fourth-order valence-corrected chi connectivity index (χ4v) is 3.12. The van der Waals surface area contributed by atoms with Crippen molar-refractivity contribution >= 4 is 11.9 Å². The van der Waals surface area contributed by atoms with E-state index in [0.29, 0.717) is 19.3 Å². The maximum absolute atomic E-state index is 13.2. The normalized spacial score (nSPS) is 27.4. The molecule has 0 spiro atoms. The summed E-state index contributed by atoms with van der Waals surface area (Å²) in [6.45, 7) is 1.98. The third-order valence-corrected chi connectivity index (χ3v) is 4.13. The Morgan fingerprint density at radius 3 is 2.60 bits per heavy atom. The van der Waals surface area contributed by atoms with Gasteiger partial charge < -0.3 is 9.64 Å². The highest BCUT2D eigenvalue weighted by Gasteiger charge is 2.43. The van der Waals surface area contributed by atoms with Crippen LogP contribution in [-0.2, 0) is 14.3 Å². The largest absolute Gasteiger partial charge is 0.464 e. The second kappa shape index (κ2) is 6.06. The summed E-state index contributed by atoms with van der Waals surface area (Å²) in [6, 6.07) is -0.843. The number of piperidine rings is 1. The molecule has 1 saturated heterocycles. The molecule has 0 bridgehead atoms. The average molecular weight is 289 g/mol. The summed E-state index contributed by atoms with van der Waals surface area (Å²) >= 11 is 0. The second-order valence-electron chi connectivity index (χ2n) is 5.55. The Bertz CT molecular complexity index is 377. The van der Waals surface area contributed by atoms with Crippen LogP contribution in [0.25, 0.3) is 0 Å². The molecule has 2 aliphatic rings. The third-order valence-electron chi connectivity index (χ3n) is 4.13. The molecule has 1 amide bonds. The van der Waals surface area contributed by atoms with Gasteiger partial charge in [0.15, 0.2) is 0 Å². The van der Waals surface area contributed by atoms with Gasteiger partial charge in [0.2, 0.25) is 11.8 Å². The molecular formula is C14H21F2NO3. The van der Waals surface area contributed by atoms with E-state index in [4.69, 9.17) is 4.74 Å². The summed E-state index contributed by atoms with van der Waals surface area (Å²) in [5, 5.41) is 0. The molecule has 0 aromatic rings. The molecule has 1 heterocycles. The standard InChI is InChI=1S/C14H21F2NO3/c1-2-20-13(19)11-4-3-5-12(18)17(11)10-6-8-14(15,16)9-7-10/h10-11H,2-9H2,1H3/t11-/m0/s1. The molecule has 6 heteroatoms. The molecule has 114 valence electrons. The molecule has 2 fully saturated rings. The van der Waals surface area contributed by atoms with Gasteiger partial charge in [-0.25, -0.2) is 13.6 Å². The Morgan fingerprint density at radius 1 is 1.35 bits per heavy atom. The molecule has 1 saturated carbocycles. The number of amides is 1. The van der Waals surface area contributed by atoms with Crippen molar-refractivity contribution in [2.24, 2.45) is 0 Å². The molecule has 0 unspecified atom stereocenters. The van der Waals surface area contributed by atoms with Gasteiger partial charge in [0.05, 0.1) is 6.61 Å². The van der Waals surface area contributed by atoms with E-state index in [-0.39, 0.29) is 44.2 Å². The maximum Gasteiger partial charge on any atom is 0.328 e. The molecule has 1 aliphatic heterocycles. The van der Waals surface area contributed by atoms with Crippen LogP contribution in [0.2, 0.25) is 0 Å². The highest BCUT2D eigenvalue weighted by atomic mass is 19.3. The van der Waals surface area contributed by atoms with Crippen molar-refractivity contribution in [1.29, 1.82) is 0 Å². The number of esters is 1. The lowest BCUT2D eigenvalue weighted by Crippen LogP contribution is -2.55. The Balaban J connectivity index is 2.08. The van der Waals surface area contributed by atoms with E-state index < -0.39 is 17.9 Å². The van der Waals surface area contributed by atoms with Gasteiger partial charge in [-0.3, -0.25) is 4.79 Å². The highest BCUT2D eigenvalue weighted by Crippen LogP contribution is 2.37. The van der Waals surface area contributed by atoms with Crippen molar-refractivity contribution in [3.8, 4) is 0 Å². The number of hydrogen-bond acceptors (Lipinski definition) is 3. The quantitative estimate of drug-likeness (QED) is 0.750.